The lowest BCUT2D eigenvalue weighted by atomic mass is 10.1. The molecule has 1 aliphatic carbocycles. The number of hydrogen-bond acceptors (Lipinski definition) is 3. The molecule has 1 atom stereocenters. The number of allylic oxidation sites excluding steroid dienone is 2. The molecular formula is C10H17NO3. The third-order valence-corrected chi connectivity index (χ3v) is 2.36. The topological polar surface area (TPSA) is 69.6 Å². The van der Waals surface area contributed by atoms with Gasteiger partial charge in [-0.2, -0.15) is 0 Å². The zero-order chi connectivity index (χ0) is 10.6. The van der Waals surface area contributed by atoms with Crippen molar-refractivity contribution in [1.29, 1.82) is 0 Å². The van der Waals surface area contributed by atoms with Gasteiger partial charge in [0, 0.05) is 12.5 Å². The van der Waals surface area contributed by atoms with E-state index >= 15 is 0 Å². The molecule has 0 spiro atoms. The maximum atomic E-state index is 11.5. The zero-order valence-electron chi connectivity index (χ0n) is 8.36. The molecule has 0 fully saturated rings. The van der Waals surface area contributed by atoms with Gasteiger partial charge in [0.2, 0.25) is 5.91 Å². The molecule has 4 nitrogen and oxygen atoms in total. The van der Waals surface area contributed by atoms with E-state index in [2.05, 4.69) is 5.32 Å². The molecule has 80 valence electrons. The summed E-state index contributed by atoms with van der Waals surface area (Å²) in [5, 5.41) is 20.8. The van der Waals surface area contributed by atoms with Crippen LogP contribution >= 0.6 is 0 Å². The molecule has 0 bridgehead atoms. The minimum Gasteiger partial charge on any atom is -0.393 e. The van der Waals surface area contributed by atoms with Gasteiger partial charge in [-0.1, -0.05) is 12.2 Å². The summed E-state index contributed by atoms with van der Waals surface area (Å²) in [6.45, 7) is 1.23. The van der Waals surface area contributed by atoms with Gasteiger partial charge >= 0.3 is 0 Å². The average Bonchev–Trinajstić information content (AvgIpc) is 2.67. The quantitative estimate of drug-likeness (QED) is 0.550. The predicted octanol–water partition coefficient (Wildman–Crippen LogP) is -0.188. The molecule has 0 saturated heterocycles. The van der Waals surface area contributed by atoms with E-state index < -0.39 is 5.60 Å². The van der Waals surface area contributed by atoms with E-state index in [1.54, 1.807) is 0 Å². The first kappa shape index (κ1) is 11.2. The molecule has 0 radical (unpaired) electrons. The zero-order valence-corrected chi connectivity index (χ0v) is 8.36. The minimum absolute atomic E-state index is 0.00416. The molecule has 0 saturated carbocycles. The Labute approximate surface area is 83.6 Å². The summed E-state index contributed by atoms with van der Waals surface area (Å²) < 4.78 is 0. The highest BCUT2D eigenvalue weighted by atomic mass is 16.3. The first-order valence-corrected chi connectivity index (χ1v) is 4.81. The Kier molecular flexibility index (Phi) is 3.66. The van der Waals surface area contributed by atoms with Crippen molar-refractivity contribution in [3.63, 3.8) is 0 Å². The number of hydrogen-bond donors (Lipinski definition) is 3. The van der Waals surface area contributed by atoms with Crippen LogP contribution in [-0.4, -0.2) is 34.9 Å². The number of carbonyl (C=O) groups excluding carboxylic acids is 1. The first-order chi connectivity index (χ1) is 6.55. The van der Waals surface area contributed by atoms with Gasteiger partial charge in [0.25, 0.3) is 0 Å². The molecule has 0 heterocycles. The number of aliphatic hydroxyl groups is 2. The highest BCUT2D eigenvalue weighted by molar-refractivity contribution is 5.79. The van der Waals surface area contributed by atoms with Gasteiger partial charge in [-0.3, -0.25) is 4.79 Å². The number of carbonyl (C=O) groups is 1. The summed E-state index contributed by atoms with van der Waals surface area (Å²) >= 11 is 0. The van der Waals surface area contributed by atoms with Gasteiger partial charge in [0.15, 0.2) is 0 Å². The van der Waals surface area contributed by atoms with Crippen LogP contribution in [0.2, 0.25) is 0 Å². The molecule has 3 N–H and O–H groups in total. The number of rotatable bonds is 4. The second-order valence-corrected chi connectivity index (χ2v) is 4.01. The molecule has 4 heteroatoms. The van der Waals surface area contributed by atoms with Crippen molar-refractivity contribution in [2.45, 2.75) is 25.4 Å². The van der Waals surface area contributed by atoms with Crippen molar-refractivity contribution in [3.8, 4) is 0 Å². The van der Waals surface area contributed by atoms with Crippen molar-refractivity contribution in [2.24, 2.45) is 5.92 Å². The third-order valence-electron chi connectivity index (χ3n) is 2.36. The minimum atomic E-state index is -1.22. The van der Waals surface area contributed by atoms with Gasteiger partial charge < -0.3 is 15.5 Å². The molecule has 14 heavy (non-hydrogen) atoms. The summed E-state index contributed by atoms with van der Waals surface area (Å²) in [5.74, 6) is -0.0479. The van der Waals surface area contributed by atoms with Gasteiger partial charge in [-0.15, -0.1) is 0 Å². The van der Waals surface area contributed by atoms with Crippen LogP contribution in [0.4, 0.5) is 0 Å². The second kappa shape index (κ2) is 4.57. The normalized spacial score (nSPS) is 20.8. The SMILES string of the molecule is CC(O)(CO)CNC(=O)C1CC=CC1. The van der Waals surface area contributed by atoms with Crippen LogP contribution < -0.4 is 5.32 Å². The van der Waals surface area contributed by atoms with E-state index in [0.717, 1.165) is 12.8 Å². The van der Waals surface area contributed by atoms with Crippen LogP contribution in [-0.2, 0) is 4.79 Å². The van der Waals surface area contributed by atoms with Crippen molar-refractivity contribution < 1.29 is 15.0 Å². The van der Waals surface area contributed by atoms with Crippen LogP contribution in [0.3, 0.4) is 0 Å². The fourth-order valence-corrected chi connectivity index (χ4v) is 1.31. The van der Waals surface area contributed by atoms with Crippen LogP contribution in [0.1, 0.15) is 19.8 Å². The molecule has 0 aromatic rings. The second-order valence-electron chi connectivity index (χ2n) is 4.01. The number of amides is 1. The summed E-state index contributed by atoms with van der Waals surface area (Å²) in [5.41, 5.74) is -1.22. The third kappa shape index (κ3) is 3.12. The predicted molar refractivity (Wildman–Crippen MR) is 52.6 cm³/mol. The maximum Gasteiger partial charge on any atom is 0.223 e. The summed E-state index contributed by atoms with van der Waals surface area (Å²) in [6.07, 6.45) is 5.50. The Morgan fingerprint density at radius 3 is 2.64 bits per heavy atom. The maximum absolute atomic E-state index is 11.5. The van der Waals surface area contributed by atoms with E-state index in [1.807, 2.05) is 12.2 Å². The van der Waals surface area contributed by atoms with Crippen molar-refractivity contribution >= 4 is 5.91 Å². The molecule has 0 aromatic carbocycles. The van der Waals surface area contributed by atoms with Crippen LogP contribution in [0, 0.1) is 5.92 Å². The lowest BCUT2D eigenvalue weighted by molar-refractivity contribution is -0.126. The lowest BCUT2D eigenvalue weighted by Gasteiger charge is -2.21. The Morgan fingerprint density at radius 1 is 1.57 bits per heavy atom. The standard InChI is InChI=1S/C10H17NO3/c1-10(14,7-12)6-11-9(13)8-4-2-3-5-8/h2-3,8,12,14H,4-7H2,1H3,(H,11,13). The van der Waals surface area contributed by atoms with Gasteiger partial charge in [-0.25, -0.2) is 0 Å². The van der Waals surface area contributed by atoms with Crippen molar-refractivity contribution in [3.05, 3.63) is 12.2 Å². The van der Waals surface area contributed by atoms with E-state index in [-0.39, 0.29) is 25.0 Å². The van der Waals surface area contributed by atoms with Crippen molar-refractivity contribution in [2.75, 3.05) is 13.2 Å². The van der Waals surface area contributed by atoms with Crippen LogP contribution in [0.5, 0.6) is 0 Å². The molecule has 0 aromatic heterocycles. The molecule has 1 aliphatic rings. The van der Waals surface area contributed by atoms with Gasteiger partial charge in [-0.05, 0) is 19.8 Å². The molecular weight excluding hydrogens is 182 g/mol. The molecule has 1 rings (SSSR count). The smallest absolute Gasteiger partial charge is 0.223 e. The molecule has 1 unspecified atom stereocenters. The lowest BCUT2D eigenvalue weighted by Crippen LogP contribution is -2.44. The summed E-state index contributed by atoms with van der Waals surface area (Å²) in [4.78, 5) is 11.5. The van der Waals surface area contributed by atoms with E-state index in [9.17, 15) is 9.90 Å². The van der Waals surface area contributed by atoms with Gasteiger partial charge in [0.05, 0.1) is 6.61 Å². The number of nitrogens with one attached hydrogen (secondary N) is 1. The fourth-order valence-electron chi connectivity index (χ4n) is 1.31. The van der Waals surface area contributed by atoms with Gasteiger partial charge in [0.1, 0.15) is 5.60 Å². The van der Waals surface area contributed by atoms with Crippen LogP contribution in [0.25, 0.3) is 0 Å². The van der Waals surface area contributed by atoms with E-state index in [1.165, 1.54) is 6.92 Å². The molecule has 0 aliphatic heterocycles. The summed E-state index contributed by atoms with van der Waals surface area (Å²) in [6, 6.07) is 0. The number of aliphatic hydroxyl groups excluding tert-OH is 1. The van der Waals surface area contributed by atoms with Crippen LogP contribution in [0.15, 0.2) is 12.2 Å². The highest BCUT2D eigenvalue weighted by Gasteiger charge is 2.23. The average molecular weight is 199 g/mol. The monoisotopic (exact) mass is 199 g/mol. The molecule has 1 amide bonds. The Bertz CT molecular complexity index is 228. The fraction of sp³-hybridized carbons (Fsp3) is 0.700. The van der Waals surface area contributed by atoms with Crippen molar-refractivity contribution in [1.82, 2.24) is 5.32 Å². The first-order valence-electron chi connectivity index (χ1n) is 4.81. The Morgan fingerprint density at radius 2 is 2.14 bits per heavy atom. The summed E-state index contributed by atoms with van der Waals surface area (Å²) in [7, 11) is 0. The van der Waals surface area contributed by atoms with E-state index in [4.69, 9.17) is 5.11 Å². The highest BCUT2D eigenvalue weighted by Crippen LogP contribution is 2.17. The Hall–Kier alpha value is -0.870. The largest absolute Gasteiger partial charge is 0.393 e. The van der Waals surface area contributed by atoms with E-state index in [0.29, 0.717) is 0 Å². The Balaban J connectivity index is 2.27.